The van der Waals surface area contributed by atoms with E-state index in [0.717, 1.165) is 11.3 Å². The molecule has 0 atom stereocenters. The van der Waals surface area contributed by atoms with Gasteiger partial charge < -0.3 is 26.7 Å². The first-order valence-electron chi connectivity index (χ1n) is 10.6. The fraction of sp³-hybridized carbons (Fsp3) is 0.190. The summed E-state index contributed by atoms with van der Waals surface area (Å²) in [6.07, 6.45) is 1.66. The third-order valence-electron chi connectivity index (χ3n) is 4.97. The van der Waals surface area contributed by atoms with Crippen LogP contribution in [0.1, 0.15) is 49.0 Å². The third-order valence-corrected chi connectivity index (χ3v) is 6.09. The number of amidine groups is 1. The van der Waals surface area contributed by atoms with Gasteiger partial charge in [-0.2, -0.15) is 5.10 Å². The molecule has 0 aliphatic rings. The summed E-state index contributed by atoms with van der Waals surface area (Å²) in [5.74, 6) is -1.89. The van der Waals surface area contributed by atoms with E-state index in [1.54, 1.807) is 13.8 Å². The maximum atomic E-state index is 12.8. The van der Waals surface area contributed by atoms with Crippen LogP contribution in [0.5, 0.6) is 0 Å². The van der Waals surface area contributed by atoms with Gasteiger partial charge in [0.05, 0.1) is 16.0 Å². The first kappa shape index (κ1) is 27.3. The summed E-state index contributed by atoms with van der Waals surface area (Å²) in [6, 6.07) is 0. The zero-order valence-electron chi connectivity index (χ0n) is 19.7. The predicted octanol–water partition coefficient (Wildman–Crippen LogP) is 2.22. The summed E-state index contributed by atoms with van der Waals surface area (Å²) in [5, 5.41) is 25.9. The quantitative estimate of drug-likeness (QED) is 0.0996. The van der Waals surface area contributed by atoms with E-state index in [0.29, 0.717) is 16.8 Å². The molecule has 3 heterocycles. The van der Waals surface area contributed by atoms with Crippen molar-refractivity contribution in [3.63, 3.8) is 0 Å². The van der Waals surface area contributed by atoms with E-state index in [1.807, 2.05) is 0 Å². The summed E-state index contributed by atoms with van der Waals surface area (Å²) >= 11 is 4.04. The van der Waals surface area contributed by atoms with E-state index < -0.39 is 23.6 Å². The van der Waals surface area contributed by atoms with E-state index in [-0.39, 0.29) is 51.3 Å². The Labute approximate surface area is 222 Å². The van der Waals surface area contributed by atoms with Crippen molar-refractivity contribution < 1.29 is 19.2 Å². The van der Waals surface area contributed by atoms with Crippen molar-refractivity contribution >= 4 is 73.4 Å². The van der Waals surface area contributed by atoms with Gasteiger partial charge in [-0.05, 0) is 29.8 Å². The molecule has 0 saturated carbocycles. The molecule has 0 saturated heterocycles. The lowest BCUT2D eigenvalue weighted by atomic mass is 10.2. The van der Waals surface area contributed by atoms with Gasteiger partial charge in [-0.3, -0.25) is 35.0 Å². The Balaban J connectivity index is 1.64. The van der Waals surface area contributed by atoms with Gasteiger partial charge in [0.1, 0.15) is 17.1 Å². The zero-order chi connectivity index (χ0) is 27.3. The first-order valence-corrected chi connectivity index (χ1v) is 12.2. The number of nitrogens with one attached hydrogen (secondary N) is 7. The molecule has 3 aromatic rings. The van der Waals surface area contributed by atoms with Crippen LogP contribution in [0.4, 0.5) is 16.6 Å². The molecule has 3 rings (SSSR count). The minimum atomic E-state index is -0.537. The molecule has 194 valence electrons. The molecule has 0 aliphatic carbocycles. The Morgan fingerprint density at radius 2 is 1.84 bits per heavy atom. The van der Waals surface area contributed by atoms with Crippen LogP contribution >= 0.6 is 27.3 Å². The Hall–Kier alpha value is -4.31. The molecule has 37 heavy (non-hydrogen) atoms. The van der Waals surface area contributed by atoms with Crippen LogP contribution in [0.15, 0.2) is 22.6 Å². The molecule has 0 fully saturated rings. The number of halogens is 1. The number of nitrogens with two attached hydrogens (primary N) is 1. The van der Waals surface area contributed by atoms with Crippen molar-refractivity contribution in [2.75, 3.05) is 22.5 Å². The molecule has 0 unspecified atom stereocenters. The Kier molecular flexibility index (Phi) is 8.56. The number of hydrogen-bond acceptors (Lipinski definition) is 8. The number of anilines is 3. The highest BCUT2D eigenvalue weighted by molar-refractivity contribution is 9.12. The molecule has 0 aliphatic heterocycles. The van der Waals surface area contributed by atoms with Gasteiger partial charge in [-0.1, -0.05) is 6.58 Å². The summed E-state index contributed by atoms with van der Waals surface area (Å²) in [4.78, 5) is 56.3. The number of thiazole rings is 1. The topological polar surface area (TPSA) is 224 Å². The minimum Gasteiger partial charge on any atom is -0.388 e. The second-order valence-corrected chi connectivity index (χ2v) is 9.43. The van der Waals surface area contributed by atoms with Gasteiger partial charge >= 0.3 is 0 Å². The van der Waals surface area contributed by atoms with Gasteiger partial charge in [-0.25, -0.2) is 4.98 Å². The molecule has 0 radical (unpaired) electrons. The molecule has 0 spiro atoms. The second kappa shape index (κ2) is 11.6. The van der Waals surface area contributed by atoms with Crippen LogP contribution < -0.4 is 27.0 Å². The average molecular weight is 591 g/mol. The van der Waals surface area contributed by atoms with Crippen LogP contribution in [0.2, 0.25) is 0 Å². The van der Waals surface area contributed by atoms with Crippen molar-refractivity contribution in [1.29, 1.82) is 5.41 Å². The fourth-order valence-corrected chi connectivity index (χ4v) is 3.74. The van der Waals surface area contributed by atoms with Crippen molar-refractivity contribution in [2.45, 2.75) is 20.3 Å². The lowest BCUT2D eigenvalue weighted by Gasteiger charge is -2.06. The zero-order valence-corrected chi connectivity index (χ0v) is 22.1. The van der Waals surface area contributed by atoms with Gasteiger partial charge in [0.15, 0.2) is 10.9 Å². The normalized spacial score (nSPS) is 10.5. The molecule has 9 N–H and O–H groups in total. The van der Waals surface area contributed by atoms with Gasteiger partial charge in [-0.15, -0.1) is 11.3 Å². The molecule has 3 aromatic heterocycles. The highest BCUT2D eigenvalue weighted by Crippen LogP contribution is 2.23. The van der Waals surface area contributed by atoms with E-state index in [1.165, 1.54) is 11.6 Å². The fourth-order valence-electron chi connectivity index (χ4n) is 2.96. The number of aromatic nitrogens is 4. The van der Waals surface area contributed by atoms with Gasteiger partial charge in [0.25, 0.3) is 23.6 Å². The number of aromatic amines is 2. The lowest BCUT2D eigenvalue weighted by Crippen LogP contribution is -2.28. The van der Waals surface area contributed by atoms with E-state index in [2.05, 4.69) is 63.9 Å². The Morgan fingerprint density at radius 1 is 1.11 bits per heavy atom. The summed E-state index contributed by atoms with van der Waals surface area (Å²) < 4.78 is 0.122. The molecule has 4 amide bonds. The maximum Gasteiger partial charge on any atom is 0.275 e. The van der Waals surface area contributed by atoms with Crippen molar-refractivity contribution in [2.24, 2.45) is 5.73 Å². The first-order chi connectivity index (χ1) is 17.5. The number of hydrogen-bond donors (Lipinski definition) is 8. The highest BCUT2D eigenvalue weighted by Gasteiger charge is 2.21. The number of carbonyl (C=O) groups is 4. The number of carbonyl (C=O) groups excluding carboxylic acids is 4. The Morgan fingerprint density at radius 3 is 2.51 bits per heavy atom. The van der Waals surface area contributed by atoms with E-state index in [4.69, 9.17) is 11.1 Å². The summed E-state index contributed by atoms with van der Waals surface area (Å²) in [7, 11) is 0. The lowest BCUT2D eigenvalue weighted by molar-refractivity contribution is -0.112. The molecule has 14 nitrogen and oxygen atoms in total. The molecule has 0 bridgehead atoms. The van der Waals surface area contributed by atoms with Crippen molar-refractivity contribution in [3.8, 4) is 0 Å². The number of H-pyrrole nitrogens is 2. The third kappa shape index (κ3) is 6.68. The van der Waals surface area contributed by atoms with E-state index >= 15 is 0 Å². The Bertz CT molecular complexity index is 1410. The van der Waals surface area contributed by atoms with Crippen LogP contribution in [-0.4, -0.2) is 56.2 Å². The summed E-state index contributed by atoms with van der Waals surface area (Å²) in [6.45, 7) is 6.91. The predicted molar refractivity (Wildman–Crippen MR) is 142 cm³/mol. The highest BCUT2D eigenvalue weighted by atomic mass is 79.9. The van der Waals surface area contributed by atoms with Gasteiger partial charge in [0.2, 0.25) is 0 Å². The molecule has 0 aromatic carbocycles. The monoisotopic (exact) mass is 590 g/mol. The van der Waals surface area contributed by atoms with E-state index in [9.17, 15) is 19.2 Å². The molecule has 16 heteroatoms. The standard InChI is InChI=1S/C21H23BrN10O4S/c1-8-11(27-18(34)12-7-37-21(28-12)30-17(33)10(3)22)6-26-14(8)20(36)29-16-9(2)15(31-32-16)19(35)25-5-4-13(23)24/h6-7,26H,3-5H2,1-2H3,(H3,23,24)(H,25,35)(H,27,34)(H,28,30,33)(H2,29,31,32,36). The smallest absolute Gasteiger partial charge is 0.275 e. The molecular weight excluding hydrogens is 568 g/mol. The SMILES string of the molecule is C=C(Br)C(=O)Nc1nc(C(=O)Nc2c[nH]c(C(=O)Nc3n[nH]c(C(=O)NCCC(=N)N)c3C)c2C)cs1. The number of nitrogens with zero attached hydrogens (tertiary/aromatic N) is 2. The van der Waals surface area contributed by atoms with Crippen LogP contribution in [0.25, 0.3) is 0 Å². The van der Waals surface area contributed by atoms with Gasteiger partial charge in [0, 0.05) is 35.7 Å². The molecular formula is C21H23BrN10O4S. The number of amides is 4. The number of rotatable bonds is 10. The average Bonchev–Trinajstić information content (AvgIpc) is 3.53. The van der Waals surface area contributed by atoms with Crippen molar-refractivity contribution in [1.82, 2.24) is 25.5 Å². The minimum absolute atomic E-state index is 0.0480. The van der Waals surface area contributed by atoms with Crippen LogP contribution in [-0.2, 0) is 4.79 Å². The second-order valence-electron chi connectivity index (χ2n) is 7.61. The maximum absolute atomic E-state index is 12.8. The summed E-state index contributed by atoms with van der Waals surface area (Å²) in [5.41, 5.74) is 6.92. The van der Waals surface area contributed by atoms with Crippen LogP contribution in [0, 0.1) is 19.3 Å². The van der Waals surface area contributed by atoms with Crippen molar-refractivity contribution in [3.05, 3.63) is 50.8 Å². The largest absolute Gasteiger partial charge is 0.388 e. The van der Waals surface area contributed by atoms with Crippen LogP contribution in [0.3, 0.4) is 0 Å².